The molecule has 0 unspecified atom stereocenters. The Hall–Kier alpha value is -3.12. The summed E-state index contributed by atoms with van der Waals surface area (Å²) in [5.41, 5.74) is 5.19. The predicted molar refractivity (Wildman–Crippen MR) is 132 cm³/mol. The molecule has 33 heavy (non-hydrogen) atoms. The molecule has 0 spiro atoms. The van der Waals surface area contributed by atoms with Crippen LogP contribution in [0.4, 0.5) is 0 Å². The quantitative estimate of drug-likeness (QED) is 0.417. The first-order valence-electron chi connectivity index (χ1n) is 11.5. The van der Waals surface area contributed by atoms with Crippen molar-refractivity contribution in [3.05, 3.63) is 77.4 Å². The van der Waals surface area contributed by atoms with E-state index in [1.165, 1.54) is 35.6 Å². The van der Waals surface area contributed by atoms with Gasteiger partial charge in [-0.1, -0.05) is 18.2 Å². The fourth-order valence-electron chi connectivity index (χ4n) is 4.55. The van der Waals surface area contributed by atoms with E-state index >= 15 is 0 Å². The highest BCUT2D eigenvalue weighted by Gasteiger charge is 2.22. The number of fused-ring (bicyclic) bond motifs is 3. The average Bonchev–Trinajstić information content (AvgIpc) is 3.56. The molecule has 1 amide bonds. The van der Waals surface area contributed by atoms with Crippen molar-refractivity contribution in [2.45, 2.75) is 44.2 Å². The van der Waals surface area contributed by atoms with Gasteiger partial charge in [0.2, 0.25) is 0 Å². The Kier molecular flexibility index (Phi) is 5.49. The Morgan fingerprint density at radius 3 is 2.21 bits per heavy atom. The van der Waals surface area contributed by atoms with Crippen molar-refractivity contribution in [1.82, 2.24) is 9.88 Å². The number of sulfone groups is 1. The Labute approximate surface area is 194 Å². The topological polar surface area (TPSA) is 68.2 Å². The molecule has 0 atom stereocenters. The summed E-state index contributed by atoms with van der Waals surface area (Å²) in [6.07, 6.45) is 4.98. The number of aryl methyl sites for hydroxylation is 1. The fourth-order valence-corrected chi connectivity index (χ4v) is 5.18. The highest BCUT2D eigenvalue weighted by atomic mass is 32.2. The Balaban J connectivity index is 1.41. The molecule has 5 nitrogen and oxygen atoms in total. The van der Waals surface area contributed by atoms with Crippen molar-refractivity contribution >= 4 is 37.6 Å². The lowest BCUT2D eigenvalue weighted by Crippen LogP contribution is -2.22. The zero-order valence-corrected chi connectivity index (χ0v) is 19.8. The van der Waals surface area contributed by atoms with Gasteiger partial charge >= 0.3 is 0 Å². The minimum absolute atomic E-state index is 0.143. The van der Waals surface area contributed by atoms with Crippen LogP contribution in [0, 0.1) is 5.92 Å². The molecule has 1 fully saturated rings. The average molecular weight is 461 g/mol. The van der Waals surface area contributed by atoms with Crippen LogP contribution in [0.2, 0.25) is 0 Å². The summed E-state index contributed by atoms with van der Waals surface area (Å²) in [7, 11) is -3.23. The summed E-state index contributed by atoms with van der Waals surface area (Å²) in [6.45, 7) is 3.35. The van der Waals surface area contributed by atoms with Gasteiger partial charge in [0.1, 0.15) is 0 Å². The van der Waals surface area contributed by atoms with E-state index in [4.69, 9.17) is 0 Å². The van der Waals surface area contributed by atoms with Crippen molar-refractivity contribution in [3.8, 4) is 0 Å². The molecule has 0 radical (unpaired) electrons. The maximum absolute atomic E-state index is 12.9. The van der Waals surface area contributed by atoms with Crippen molar-refractivity contribution in [1.29, 1.82) is 0 Å². The van der Waals surface area contributed by atoms with Crippen LogP contribution < -0.4 is 5.32 Å². The SMILES string of the molecule is CCn1c2ccc(CC3CC3)cc2c2cc(C(=O)NCc3ccc(S(C)(=O)=O)cc3)ccc21. The Bertz CT molecular complexity index is 1460. The molecule has 6 heteroatoms. The number of carbonyl (C=O) groups excluding carboxylic acids is 1. The molecular weight excluding hydrogens is 432 g/mol. The molecule has 1 aliphatic carbocycles. The maximum atomic E-state index is 12.9. The number of hydrogen-bond acceptors (Lipinski definition) is 3. The molecule has 4 aromatic rings. The summed E-state index contributed by atoms with van der Waals surface area (Å²) in [4.78, 5) is 13.2. The van der Waals surface area contributed by atoms with E-state index in [1.807, 2.05) is 18.2 Å². The van der Waals surface area contributed by atoms with E-state index in [2.05, 4.69) is 35.0 Å². The molecule has 1 aromatic heterocycles. The highest BCUT2D eigenvalue weighted by molar-refractivity contribution is 7.90. The van der Waals surface area contributed by atoms with Gasteiger partial charge < -0.3 is 9.88 Å². The van der Waals surface area contributed by atoms with Gasteiger partial charge in [-0.2, -0.15) is 0 Å². The number of rotatable bonds is 7. The van der Waals surface area contributed by atoms with Crippen LogP contribution in [-0.2, 0) is 29.3 Å². The minimum atomic E-state index is -3.23. The third kappa shape index (κ3) is 4.40. The molecule has 0 saturated heterocycles. The number of hydrogen-bond donors (Lipinski definition) is 1. The van der Waals surface area contributed by atoms with Crippen molar-refractivity contribution in [3.63, 3.8) is 0 Å². The zero-order valence-electron chi connectivity index (χ0n) is 19.0. The number of nitrogens with zero attached hydrogens (tertiary/aromatic N) is 1. The summed E-state index contributed by atoms with van der Waals surface area (Å²) < 4.78 is 25.6. The van der Waals surface area contributed by atoms with Gasteiger partial charge in [-0.05, 0) is 85.7 Å². The molecule has 0 bridgehead atoms. The normalized spacial score (nSPS) is 14.1. The highest BCUT2D eigenvalue weighted by Crippen LogP contribution is 2.35. The molecule has 1 N–H and O–H groups in total. The summed E-state index contributed by atoms with van der Waals surface area (Å²) in [5, 5.41) is 5.27. The smallest absolute Gasteiger partial charge is 0.251 e. The second kappa shape index (κ2) is 8.34. The zero-order chi connectivity index (χ0) is 23.2. The largest absolute Gasteiger partial charge is 0.348 e. The van der Waals surface area contributed by atoms with Crippen LogP contribution in [0.5, 0.6) is 0 Å². The molecular formula is C27H28N2O3S. The number of nitrogens with one attached hydrogen (secondary N) is 1. The summed E-state index contributed by atoms with van der Waals surface area (Å²) >= 11 is 0. The standard InChI is InChI=1S/C27H28N2O3S/c1-3-29-25-12-8-20(14-18-4-5-18)15-23(25)24-16-21(9-13-26(24)29)27(30)28-17-19-6-10-22(11-7-19)33(2,31)32/h6-13,15-16,18H,3-5,14,17H2,1-2H3,(H,28,30). The van der Waals surface area contributed by atoms with Gasteiger partial charge in [0, 0.05) is 46.7 Å². The van der Waals surface area contributed by atoms with Gasteiger partial charge in [-0.3, -0.25) is 4.79 Å². The van der Waals surface area contributed by atoms with Gasteiger partial charge in [0.25, 0.3) is 5.91 Å². The number of amides is 1. The minimum Gasteiger partial charge on any atom is -0.348 e. The fraction of sp³-hybridized carbons (Fsp3) is 0.296. The third-order valence-corrected chi connectivity index (χ3v) is 7.66. The molecule has 3 aromatic carbocycles. The van der Waals surface area contributed by atoms with E-state index in [-0.39, 0.29) is 10.8 Å². The summed E-state index contributed by atoms with van der Waals surface area (Å²) in [5.74, 6) is 0.686. The molecule has 5 rings (SSSR count). The predicted octanol–water partition coefficient (Wildman–Crippen LogP) is 5.10. The molecule has 1 aliphatic rings. The van der Waals surface area contributed by atoms with Crippen molar-refractivity contribution < 1.29 is 13.2 Å². The second-order valence-electron chi connectivity index (χ2n) is 9.07. The second-order valence-corrected chi connectivity index (χ2v) is 11.1. The van der Waals surface area contributed by atoms with Crippen LogP contribution in [0.15, 0.2) is 65.6 Å². The van der Waals surface area contributed by atoms with Crippen LogP contribution in [0.3, 0.4) is 0 Å². The van der Waals surface area contributed by atoms with Crippen LogP contribution >= 0.6 is 0 Å². The van der Waals surface area contributed by atoms with Gasteiger partial charge in [0.15, 0.2) is 9.84 Å². The van der Waals surface area contributed by atoms with Crippen LogP contribution in [0.25, 0.3) is 21.8 Å². The number of carbonyl (C=O) groups is 1. The van der Waals surface area contributed by atoms with E-state index in [0.29, 0.717) is 12.1 Å². The first-order valence-corrected chi connectivity index (χ1v) is 13.3. The van der Waals surface area contributed by atoms with E-state index in [0.717, 1.165) is 35.3 Å². The Morgan fingerprint density at radius 2 is 1.58 bits per heavy atom. The molecule has 1 heterocycles. The van der Waals surface area contributed by atoms with Crippen molar-refractivity contribution in [2.24, 2.45) is 5.92 Å². The molecule has 0 aliphatic heterocycles. The van der Waals surface area contributed by atoms with Crippen molar-refractivity contribution in [2.75, 3.05) is 6.26 Å². The van der Waals surface area contributed by atoms with Gasteiger partial charge in [-0.15, -0.1) is 0 Å². The first-order chi connectivity index (χ1) is 15.8. The number of aromatic nitrogens is 1. The van der Waals surface area contributed by atoms with Crippen LogP contribution in [0.1, 0.15) is 41.3 Å². The van der Waals surface area contributed by atoms with E-state index < -0.39 is 9.84 Å². The van der Waals surface area contributed by atoms with E-state index in [9.17, 15) is 13.2 Å². The summed E-state index contributed by atoms with van der Waals surface area (Å²) in [6, 6.07) is 19.3. The number of benzene rings is 3. The maximum Gasteiger partial charge on any atom is 0.251 e. The Morgan fingerprint density at radius 1 is 0.939 bits per heavy atom. The third-order valence-electron chi connectivity index (χ3n) is 6.53. The molecule has 1 saturated carbocycles. The van der Waals surface area contributed by atoms with Crippen LogP contribution in [-0.4, -0.2) is 25.1 Å². The van der Waals surface area contributed by atoms with Gasteiger partial charge in [-0.25, -0.2) is 8.42 Å². The monoisotopic (exact) mass is 460 g/mol. The first kappa shape index (κ1) is 21.7. The lowest BCUT2D eigenvalue weighted by molar-refractivity contribution is 0.0951. The molecule has 170 valence electrons. The lowest BCUT2D eigenvalue weighted by atomic mass is 10.0. The van der Waals surface area contributed by atoms with E-state index in [1.54, 1.807) is 24.3 Å². The lowest BCUT2D eigenvalue weighted by Gasteiger charge is -2.07. The van der Waals surface area contributed by atoms with Gasteiger partial charge in [0.05, 0.1) is 4.90 Å².